The van der Waals surface area contributed by atoms with Crippen molar-refractivity contribution < 1.29 is 0 Å². The Morgan fingerprint density at radius 1 is 1.24 bits per heavy atom. The van der Waals surface area contributed by atoms with Crippen LogP contribution in [-0.4, -0.2) is 31.6 Å². The van der Waals surface area contributed by atoms with Gasteiger partial charge < -0.3 is 10.2 Å². The van der Waals surface area contributed by atoms with Gasteiger partial charge in [0.15, 0.2) is 0 Å². The van der Waals surface area contributed by atoms with Crippen molar-refractivity contribution in [3.05, 3.63) is 34.3 Å². The summed E-state index contributed by atoms with van der Waals surface area (Å²) in [6.45, 7) is 8.73. The molecule has 0 aliphatic heterocycles. The highest BCUT2D eigenvalue weighted by molar-refractivity contribution is 9.10. The average Bonchev–Trinajstić information content (AvgIpc) is 2.27. The van der Waals surface area contributed by atoms with Gasteiger partial charge in [-0.2, -0.15) is 0 Å². The molecular weight excluding hydrogens is 276 g/mol. The first-order valence-electron chi connectivity index (χ1n) is 6.21. The number of halogens is 1. The fourth-order valence-electron chi connectivity index (χ4n) is 1.64. The first-order chi connectivity index (χ1) is 8.08. The zero-order valence-electron chi connectivity index (χ0n) is 11.0. The molecule has 1 aromatic carbocycles. The molecule has 2 nitrogen and oxygen atoms in total. The highest BCUT2D eigenvalue weighted by Crippen LogP contribution is 2.11. The molecule has 1 rings (SSSR count). The van der Waals surface area contributed by atoms with Gasteiger partial charge in [0.1, 0.15) is 0 Å². The largest absolute Gasteiger partial charge is 0.315 e. The van der Waals surface area contributed by atoms with E-state index in [0.717, 1.165) is 36.6 Å². The van der Waals surface area contributed by atoms with Crippen LogP contribution in [0.25, 0.3) is 0 Å². The van der Waals surface area contributed by atoms with Crippen LogP contribution < -0.4 is 5.32 Å². The van der Waals surface area contributed by atoms with E-state index >= 15 is 0 Å². The summed E-state index contributed by atoms with van der Waals surface area (Å²) < 4.78 is 1.14. The second kappa shape index (κ2) is 7.85. The third kappa shape index (κ3) is 6.81. The van der Waals surface area contributed by atoms with Crippen LogP contribution in [0, 0.1) is 5.92 Å². The van der Waals surface area contributed by atoms with E-state index in [2.05, 4.69) is 71.3 Å². The lowest BCUT2D eigenvalue weighted by atomic mass is 10.2. The molecule has 0 aliphatic rings. The molecule has 0 atom stereocenters. The van der Waals surface area contributed by atoms with Crippen LogP contribution in [0.3, 0.4) is 0 Å². The molecule has 0 amide bonds. The first-order valence-corrected chi connectivity index (χ1v) is 7.01. The van der Waals surface area contributed by atoms with Crippen LogP contribution >= 0.6 is 15.9 Å². The van der Waals surface area contributed by atoms with E-state index < -0.39 is 0 Å². The molecule has 0 fully saturated rings. The van der Waals surface area contributed by atoms with Gasteiger partial charge in [0.05, 0.1) is 0 Å². The zero-order chi connectivity index (χ0) is 12.7. The van der Waals surface area contributed by atoms with E-state index in [9.17, 15) is 0 Å². The van der Waals surface area contributed by atoms with Gasteiger partial charge in [-0.05, 0) is 37.2 Å². The number of hydrogen-bond acceptors (Lipinski definition) is 2. The Labute approximate surface area is 114 Å². The van der Waals surface area contributed by atoms with Crippen LogP contribution in [0.15, 0.2) is 28.7 Å². The quantitative estimate of drug-likeness (QED) is 0.778. The Morgan fingerprint density at radius 3 is 2.47 bits per heavy atom. The van der Waals surface area contributed by atoms with Gasteiger partial charge in [-0.15, -0.1) is 0 Å². The van der Waals surface area contributed by atoms with Gasteiger partial charge in [0.25, 0.3) is 0 Å². The number of likely N-dealkylation sites (N-methyl/N-ethyl adjacent to an activating group) is 1. The van der Waals surface area contributed by atoms with Crippen molar-refractivity contribution in [3.63, 3.8) is 0 Å². The topological polar surface area (TPSA) is 15.3 Å². The van der Waals surface area contributed by atoms with Crippen molar-refractivity contribution in [1.82, 2.24) is 10.2 Å². The van der Waals surface area contributed by atoms with Crippen LogP contribution in [0.4, 0.5) is 0 Å². The minimum absolute atomic E-state index is 0.728. The van der Waals surface area contributed by atoms with Gasteiger partial charge in [0.2, 0.25) is 0 Å². The minimum Gasteiger partial charge on any atom is -0.315 e. The predicted octanol–water partition coefficient (Wildman–Crippen LogP) is 3.13. The van der Waals surface area contributed by atoms with Gasteiger partial charge in [-0.3, -0.25) is 0 Å². The molecule has 0 heterocycles. The molecule has 0 saturated carbocycles. The van der Waals surface area contributed by atoms with Crippen molar-refractivity contribution in [2.75, 3.05) is 26.7 Å². The smallest absolute Gasteiger partial charge is 0.0231 e. The molecule has 1 aromatic rings. The van der Waals surface area contributed by atoms with Crippen molar-refractivity contribution in [3.8, 4) is 0 Å². The lowest BCUT2D eigenvalue weighted by molar-refractivity contribution is 0.321. The maximum atomic E-state index is 3.46. The number of nitrogens with one attached hydrogen (secondary N) is 1. The van der Waals surface area contributed by atoms with Crippen molar-refractivity contribution in [2.45, 2.75) is 20.4 Å². The SMILES string of the molecule is CC(C)CNCCN(C)Cc1ccc(Br)cc1. The van der Waals surface area contributed by atoms with E-state index in [0.29, 0.717) is 0 Å². The molecule has 0 aromatic heterocycles. The molecule has 0 radical (unpaired) electrons. The van der Waals surface area contributed by atoms with Crippen LogP contribution in [0.2, 0.25) is 0 Å². The zero-order valence-corrected chi connectivity index (χ0v) is 12.6. The Hall–Kier alpha value is -0.380. The minimum atomic E-state index is 0.728. The van der Waals surface area contributed by atoms with E-state index in [4.69, 9.17) is 0 Å². The van der Waals surface area contributed by atoms with Gasteiger partial charge >= 0.3 is 0 Å². The van der Waals surface area contributed by atoms with E-state index in [1.165, 1.54) is 5.56 Å². The summed E-state index contributed by atoms with van der Waals surface area (Å²) in [6.07, 6.45) is 0. The molecule has 0 unspecified atom stereocenters. The third-order valence-corrected chi connectivity index (χ3v) is 3.12. The third-order valence-electron chi connectivity index (χ3n) is 2.59. The molecule has 0 bridgehead atoms. The first kappa shape index (κ1) is 14.7. The van der Waals surface area contributed by atoms with Crippen molar-refractivity contribution in [2.24, 2.45) is 5.92 Å². The molecular formula is C14H23BrN2. The molecule has 3 heteroatoms. The number of nitrogens with zero attached hydrogens (tertiary/aromatic N) is 1. The second-order valence-corrected chi connectivity index (χ2v) is 5.88. The van der Waals surface area contributed by atoms with E-state index in [1.807, 2.05) is 0 Å². The Morgan fingerprint density at radius 2 is 1.88 bits per heavy atom. The van der Waals surface area contributed by atoms with Crippen molar-refractivity contribution in [1.29, 1.82) is 0 Å². The summed E-state index contributed by atoms with van der Waals surface area (Å²) in [5.41, 5.74) is 1.36. The summed E-state index contributed by atoms with van der Waals surface area (Å²) in [5, 5.41) is 3.46. The summed E-state index contributed by atoms with van der Waals surface area (Å²) in [4.78, 5) is 2.34. The van der Waals surface area contributed by atoms with E-state index in [1.54, 1.807) is 0 Å². The number of hydrogen-bond donors (Lipinski definition) is 1. The van der Waals surface area contributed by atoms with Crippen LogP contribution in [0.1, 0.15) is 19.4 Å². The lowest BCUT2D eigenvalue weighted by Gasteiger charge is -2.17. The average molecular weight is 299 g/mol. The predicted molar refractivity (Wildman–Crippen MR) is 78.2 cm³/mol. The normalized spacial score (nSPS) is 11.4. The van der Waals surface area contributed by atoms with Gasteiger partial charge in [-0.25, -0.2) is 0 Å². The molecule has 1 N–H and O–H groups in total. The van der Waals surface area contributed by atoms with Gasteiger partial charge in [0, 0.05) is 24.1 Å². The summed E-state index contributed by atoms with van der Waals surface area (Å²) in [7, 11) is 2.17. The summed E-state index contributed by atoms with van der Waals surface area (Å²) >= 11 is 3.45. The maximum Gasteiger partial charge on any atom is 0.0231 e. The Bertz CT molecular complexity index is 309. The maximum absolute atomic E-state index is 3.46. The number of benzene rings is 1. The monoisotopic (exact) mass is 298 g/mol. The highest BCUT2D eigenvalue weighted by Gasteiger charge is 2.00. The molecule has 96 valence electrons. The molecule has 0 saturated heterocycles. The standard InChI is InChI=1S/C14H23BrN2/c1-12(2)10-16-8-9-17(3)11-13-4-6-14(15)7-5-13/h4-7,12,16H,8-11H2,1-3H3. The fraction of sp³-hybridized carbons (Fsp3) is 0.571. The van der Waals surface area contributed by atoms with E-state index in [-0.39, 0.29) is 0 Å². The van der Waals surface area contributed by atoms with Gasteiger partial charge in [-0.1, -0.05) is 41.9 Å². The van der Waals surface area contributed by atoms with Crippen molar-refractivity contribution >= 4 is 15.9 Å². The summed E-state index contributed by atoms with van der Waals surface area (Å²) in [5.74, 6) is 0.728. The molecule has 0 aliphatic carbocycles. The highest BCUT2D eigenvalue weighted by atomic mass is 79.9. The Balaban J connectivity index is 2.20. The second-order valence-electron chi connectivity index (χ2n) is 4.96. The number of rotatable bonds is 7. The molecule has 0 spiro atoms. The Kier molecular flexibility index (Phi) is 6.78. The van der Waals surface area contributed by atoms with Crippen LogP contribution in [0.5, 0.6) is 0 Å². The fourth-order valence-corrected chi connectivity index (χ4v) is 1.91. The van der Waals surface area contributed by atoms with Crippen LogP contribution in [-0.2, 0) is 6.54 Å². The molecule has 17 heavy (non-hydrogen) atoms. The summed E-state index contributed by atoms with van der Waals surface area (Å²) in [6, 6.07) is 8.53. The lowest BCUT2D eigenvalue weighted by Crippen LogP contribution is -2.30.